The van der Waals surface area contributed by atoms with E-state index >= 15 is 0 Å². The van der Waals surface area contributed by atoms with E-state index in [4.69, 9.17) is 5.26 Å². The Hall–Kier alpha value is -2.35. The molecule has 1 heterocycles. The zero-order valence-electron chi connectivity index (χ0n) is 11.9. The summed E-state index contributed by atoms with van der Waals surface area (Å²) in [5.41, 5.74) is 0.997. The van der Waals surface area contributed by atoms with Crippen molar-refractivity contribution in [3.63, 3.8) is 0 Å². The molecule has 1 N–H and O–H groups in total. The number of carbonyl (C=O) groups excluding carboxylic acids is 2. The van der Waals surface area contributed by atoms with E-state index in [1.165, 1.54) is 0 Å². The van der Waals surface area contributed by atoms with Crippen molar-refractivity contribution < 1.29 is 9.59 Å². The SMILES string of the molecule is N#CCC(=O)N1CCC(NC(=O)Cc2ccccc2)CC1. The molecule has 0 spiro atoms. The summed E-state index contributed by atoms with van der Waals surface area (Å²) in [7, 11) is 0. The van der Waals surface area contributed by atoms with Gasteiger partial charge in [-0.1, -0.05) is 30.3 Å². The lowest BCUT2D eigenvalue weighted by Crippen LogP contribution is -2.46. The van der Waals surface area contributed by atoms with E-state index in [1.807, 2.05) is 36.4 Å². The Kier molecular flexibility index (Phi) is 5.33. The molecular formula is C16H19N3O2. The van der Waals surface area contributed by atoms with Gasteiger partial charge >= 0.3 is 0 Å². The monoisotopic (exact) mass is 285 g/mol. The van der Waals surface area contributed by atoms with Crippen molar-refractivity contribution in [3.05, 3.63) is 35.9 Å². The average molecular weight is 285 g/mol. The number of nitriles is 1. The van der Waals surface area contributed by atoms with Crippen molar-refractivity contribution in [2.24, 2.45) is 0 Å². The van der Waals surface area contributed by atoms with Gasteiger partial charge in [0.15, 0.2) is 0 Å². The van der Waals surface area contributed by atoms with Crippen LogP contribution in [0.15, 0.2) is 30.3 Å². The average Bonchev–Trinajstić information content (AvgIpc) is 2.49. The Balaban J connectivity index is 1.75. The number of piperidine rings is 1. The van der Waals surface area contributed by atoms with Gasteiger partial charge in [-0.3, -0.25) is 9.59 Å². The lowest BCUT2D eigenvalue weighted by Gasteiger charge is -2.32. The summed E-state index contributed by atoms with van der Waals surface area (Å²) in [5, 5.41) is 11.5. The molecule has 0 atom stereocenters. The second kappa shape index (κ2) is 7.44. The van der Waals surface area contributed by atoms with E-state index in [-0.39, 0.29) is 24.3 Å². The fraction of sp³-hybridized carbons (Fsp3) is 0.438. The summed E-state index contributed by atoms with van der Waals surface area (Å²) in [6, 6.07) is 11.6. The molecule has 2 amide bonds. The number of benzene rings is 1. The number of nitrogens with zero attached hydrogens (tertiary/aromatic N) is 2. The van der Waals surface area contributed by atoms with Crippen molar-refractivity contribution in [2.45, 2.75) is 31.7 Å². The van der Waals surface area contributed by atoms with E-state index < -0.39 is 0 Å². The van der Waals surface area contributed by atoms with E-state index in [9.17, 15) is 9.59 Å². The van der Waals surface area contributed by atoms with Gasteiger partial charge in [0.2, 0.25) is 11.8 Å². The molecule has 0 aromatic heterocycles. The molecule has 1 aliphatic heterocycles. The van der Waals surface area contributed by atoms with Crippen LogP contribution in [-0.4, -0.2) is 35.8 Å². The predicted molar refractivity (Wildman–Crippen MR) is 78.1 cm³/mol. The molecule has 1 aromatic rings. The summed E-state index contributed by atoms with van der Waals surface area (Å²) >= 11 is 0. The highest BCUT2D eigenvalue weighted by Crippen LogP contribution is 2.11. The summed E-state index contributed by atoms with van der Waals surface area (Å²) in [6.07, 6.45) is 1.81. The van der Waals surface area contributed by atoms with Crippen molar-refractivity contribution in [1.82, 2.24) is 10.2 Å². The number of amides is 2. The Morgan fingerprint density at radius 3 is 2.52 bits per heavy atom. The quantitative estimate of drug-likeness (QED) is 0.905. The van der Waals surface area contributed by atoms with Crippen LogP contribution in [0.3, 0.4) is 0 Å². The number of hydrogen-bond acceptors (Lipinski definition) is 3. The number of carbonyl (C=O) groups is 2. The third kappa shape index (κ3) is 4.60. The van der Waals surface area contributed by atoms with Crippen LogP contribution in [0.2, 0.25) is 0 Å². The molecule has 1 fully saturated rings. The topological polar surface area (TPSA) is 73.2 Å². The van der Waals surface area contributed by atoms with Gasteiger partial charge in [0, 0.05) is 19.1 Å². The number of hydrogen-bond donors (Lipinski definition) is 1. The maximum absolute atomic E-state index is 12.0. The van der Waals surface area contributed by atoms with Crippen molar-refractivity contribution in [1.29, 1.82) is 5.26 Å². The van der Waals surface area contributed by atoms with Gasteiger partial charge in [-0.2, -0.15) is 5.26 Å². The minimum absolute atomic E-state index is 0.0167. The first-order chi connectivity index (χ1) is 10.2. The molecule has 1 aromatic carbocycles. The molecule has 110 valence electrons. The first-order valence-corrected chi connectivity index (χ1v) is 7.17. The van der Waals surface area contributed by atoms with Gasteiger partial charge in [-0.05, 0) is 18.4 Å². The maximum atomic E-state index is 12.0. The molecule has 5 heteroatoms. The fourth-order valence-electron chi connectivity index (χ4n) is 2.51. The Labute approximate surface area is 124 Å². The van der Waals surface area contributed by atoms with Crippen molar-refractivity contribution in [2.75, 3.05) is 13.1 Å². The van der Waals surface area contributed by atoms with Gasteiger partial charge in [0.05, 0.1) is 12.5 Å². The highest BCUT2D eigenvalue weighted by Gasteiger charge is 2.23. The van der Waals surface area contributed by atoms with E-state index in [0.29, 0.717) is 19.5 Å². The predicted octanol–water partition coefficient (Wildman–Crippen LogP) is 1.25. The molecule has 0 aliphatic carbocycles. The number of rotatable bonds is 4. The van der Waals surface area contributed by atoms with Crippen LogP contribution in [0.4, 0.5) is 0 Å². The number of nitrogens with one attached hydrogen (secondary N) is 1. The lowest BCUT2D eigenvalue weighted by atomic mass is 10.0. The standard InChI is InChI=1S/C16H19N3O2/c17-9-6-16(21)19-10-7-14(8-11-19)18-15(20)12-13-4-2-1-3-5-13/h1-5,14H,6-8,10-12H2,(H,18,20). The van der Waals surface area contributed by atoms with Gasteiger partial charge in [0.25, 0.3) is 0 Å². The molecule has 0 radical (unpaired) electrons. The lowest BCUT2D eigenvalue weighted by molar-refractivity contribution is -0.131. The van der Waals surface area contributed by atoms with Crippen LogP contribution < -0.4 is 5.32 Å². The second-order valence-electron chi connectivity index (χ2n) is 5.22. The third-order valence-electron chi connectivity index (χ3n) is 3.65. The molecule has 0 unspecified atom stereocenters. The molecule has 1 aliphatic rings. The molecule has 5 nitrogen and oxygen atoms in total. The van der Waals surface area contributed by atoms with Gasteiger partial charge < -0.3 is 10.2 Å². The fourth-order valence-corrected chi connectivity index (χ4v) is 2.51. The van der Waals surface area contributed by atoms with Crippen LogP contribution in [-0.2, 0) is 16.0 Å². The van der Waals surface area contributed by atoms with E-state index in [1.54, 1.807) is 4.90 Å². The summed E-state index contributed by atoms with van der Waals surface area (Å²) < 4.78 is 0. The highest BCUT2D eigenvalue weighted by molar-refractivity contribution is 5.79. The second-order valence-corrected chi connectivity index (χ2v) is 5.22. The minimum atomic E-state index is -0.119. The zero-order valence-corrected chi connectivity index (χ0v) is 11.9. The Morgan fingerprint density at radius 1 is 1.24 bits per heavy atom. The Morgan fingerprint density at radius 2 is 1.90 bits per heavy atom. The zero-order chi connectivity index (χ0) is 15.1. The molecule has 2 rings (SSSR count). The molecular weight excluding hydrogens is 266 g/mol. The van der Waals surface area contributed by atoms with Crippen LogP contribution in [0.1, 0.15) is 24.8 Å². The first-order valence-electron chi connectivity index (χ1n) is 7.17. The van der Waals surface area contributed by atoms with Gasteiger partial charge in [-0.15, -0.1) is 0 Å². The highest BCUT2D eigenvalue weighted by atomic mass is 16.2. The van der Waals surface area contributed by atoms with Gasteiger partial charge in [0.1, 0.15) is 6.42 Å². The van der Waals surface area contributed by atoms with Gasteiger partial charge in [-0.25, -0.2) is 0 Å². The molecule has 21 heavy (non-hydrogen) atoms. The third-order valence-corrected chi connectivity index (χ3v) is 3.65. The van der Waals surface area contributed by atoms with Crippen LogP contribution in [0.5, 0.6) is 0 Å². The van der Waals surface area contributed by atoms with E-state index in [2.05, 4.69) is 5.32 Å². The minimum Gasteiger partial charge on any atom is -0.353 e. The summed E-state index contributed by atoms with van der Waals surface area (Å²) in [4.78, 5) is 25.2. The van der Waals surface area contributed by atoms with E-state index in [0.717, 1.165) is 18.4 Å². The normalized spacial score (nSPS) is 15.3. The van der Waals surface area contributed by atoms with Crippen LogP contribution >= 0.6 is 0 Å². The molecule has 0 saturated carbocycles. The largest absolute Gasteiger partial charge is 0.353 e. The van der Waals surface area contributed by atoms with Crippen molar-refractivity contribution in [3.8, 4) is 6.07 Å². The molecule has 0 bridgehead atoms. The Bertz CT molecular complexity index is 528. The van der Waals surface area contributed by atoms with Crippen LogP contribution in [0, 0.1) is 11.3 Å². The summed E-state index contributed by atoms with van der Waals surface area (Å²) in [5.74, 6) is -0.102. The maximum Gasteiger partial charge on any atom is 0.236 e. The number of likely N-dealkylation sites (tertiary alicyclic amines) is 1. The first kappa shape index (κ1) is 15.0. The smallest absolute Gasteiger partial charge is 0.236 e. The van der Waals surface area contributed by atoms with Crippen molar-refractivity contribution >= 4 is 11.8 Å². The molecule has 1 saturated heterocycles. The van der Waals surface area contributed by atoms with Crippen LogP contribution in [0.25, 0.3) is 0 Å². The summed E-state index contributed by atoms with van der Waals surface area (Å²) in [6.45, 7) is 1.22.